The molecule has 0 spiro atoms. The van der Waals surface area contributed by atoms with Gasteiger partial charge in [0.25, 0.3) is 0 Å². The number of hydrogen-bond donors (Lipinski definition) is 1. The summed E-state index contributed by atoms with van der Waals surface area (Å²) < 4.78 is 5.54. The number of nitrogens with zero attached hydrogens (tertiary/aromatic N) is 1. The summed E-state index contributed by atoms with van der Waals surface area (Å²) in [6.07, 6.45) is 2.53. The summed E-state index contributed by atoms with van der Waals surface area (Å²) in [6.45, 7) is 8.45. The van der Waals surface area contributed by atoms with Crippen LogP contribution in [-0.2, 0) is 6.42 Å². The molecule has 0 saturated heterocycles. The molecular formula is C11H19NO2. The monoisotopic (exact) mass is 197 g/mol. The quantitative estimate of drug-likeness (QED) is 0.809. The lowest BCUT2D eigenvalue weighted by Crippen LogP contribution is -2.09. The van der Waals surface area contributed by atoms with Gasteiger partial charge in [-0.2, -0.15) is 0 Å². The molecule has 1 N–H and O–H groups in total. The molecule has 0 aliphatic carbocycles. The van der Waals surface area contributed by atoms with E-state index in [1.54, 1.807) is 6.20 Å². The molecule has 3 heteroatoms. The van der Waals surface area contributed by atoms with Crippen LogP contribution in [0, 0.1) is 5.41 Å². The third-order valence-corrected chi connectivity index (χ3v) is 2.01. The normalized spacial score (nSPS) is 14.4. The van der Waals surface area contributed by atoms with Gasteiger partial charge >= 0.3 is 0 Å². The lowest BCUT2D eigenvalue weighted by atomic mass is 9.92. The van der Waals surface area contributed by atoms with Gasteiger partial charge in [-0.25, -0.2) is 4.98 Å². The van der Waals surface area contributed by atoms with Gasteiger partial charge in [-0.15, -0.1) is 0 Å². The molecule has 14 heavy (non-hydrogen) atoms. The van der Waals surface area contributed by atoms with E-state index < -0.39 is 0 Å². The fourth-order valence-corrected chi connectivity index (χ4v) is 1.18. The third kappa shape index (κ3) is 3.14. The number of rotatable bonds is 3. The smallest absolute Gasteiger partial charge is 0.194 e. The van der Waals surface area contributed by atoms with Gasteiger partial charge in [0.15, 0.2) is 5.89 Å². The fourth-order valence-electron chi connectivity index (χ4n) is 1.18. The highest BCUT2D eigenvalue weighted by molar-refractivity contribution is 5.01. The van der Waals surface area contributed by atoms with Crippen molar-refractivity contribution in [1.82, 2.24) is 4.98 Å². The molecule has 1 aromatic heterocycles. The summed E-state index contributed by atoms with van der Waals surface area (Å²) in [7, 11) is 0. The molecule has 0 aliphatic rings. The van der Waals surface area contributed by atoms with Crippen molar-refractivity contribution in [3.05, 3.63) is 17.8 Å². The average molecular weight is 197 g/mol. The van der Waals surface area contributed by atoms with E-state index in [1.165, 1.54) is 0 Å². The molecule has 1 aromatic rings. The molecule has 0 fully saturated rings. The maximum atomic E-state index is 8.94. The molecule has 0 amide bonds. The van der Waals surface area contributed by atoms with Crippen molar-refractivity contribution in [2.75, 3.05) is 6.61 Å². The Balaban J connectivity index is 2.69. The number of oxazole rings is 1. The van der Waals surface area contributed by atoms with Crippen LogP contribution >= 0.6 is 0 Å². The lowest BCUT2D eigenvalue weighted by molar-refractivity contribution is 0.252. The van der Waals surface area contributed by atoms with Crippen LogP contribution in [0.25, 0.3) is 0 Å². The number of aliphatic hydroxyl groups is 1. The van der Waals surface area contributed by atoms with Crippen LogP contribution in [0.15, 0.2) is 10.6 Å². The molecular weight excluding hydrogens is 178 g/mol. The minimum Gasteiger partial charge on any atom is -0.445 e. The molecule has 3 nitrogen and oxygen atoms in total. The summed E-state index contributed by atoms with van der Waals surface area (Å²) in [6, 6.07) is 0. The molecule has 1 rings (SSSR count). The van der Waals surface area contributed by atoms with Crippen LogP contribution < -0.4 is 0 Å². The second-order valence-electron chi connectivity index (χ2n) is 4.98. The Hall–Kier alpha value is -0.830. The first kappa shape index (κ1) is 11.2. The predicted octanol–water partition coefficient (Wildman–Crippen LogP) is 2.36. The minimum atomic E-state index is 0.0382. The van der Waals surface area contributed by atoms with Crippen LogP contribution in [0.2, 0.25) is 0 Å². The van der Waals surface area contributed by atoms with Gasteiger partial charge in [-0.05, 0) is 5.41 Å². The van der Waals surface area contributed by atoms with E-state index >= 15 is 0 Å². The molecule has 0 bridgehead atoms. The first-order chi connectivity index (χ1) is 6.42. The van der Waals surface area contributed by atoms with Gasteiger partial charge in [0.2, 0.25) is 0 Å². The van der Waals surface area contributed by atoms with Gasteiger partial charge in [-0.1, -0.05) is 27.7 Å². The van der Waals surface area contributed by atoms with E-state index in [1.807, 2.05) is 6.92 Å². The Kier molecular flexibility index (Phi) is 3.32. The van der Waals surface area contributed by atoms with Crippen LogP contribution in [0.1, 0.15) is 45.3 Å². The van der Waals surface area contributed by atoms with Crippen molar-refractivity contribution in [3.8, 4) is 0 Å². The van der Waals surface area contributed by atoms with E-state index in [2.05, 4.69) is 25.8 Å². The minimum absolute atomic E-state index is 0.0382. The molecule has 1 heterocycles. The van der Waals surface area contributed by atoms with Crippen LogP contribution in [-0.4, -0.2) is 16.7 Å². The van der Waals surface area contributed by atoms with Crippen LogP contribution in [0.3, 0.4) is 0 Å². The summed E-state index contributed by atoms with van der Waals surface area (Å²) >= 11 is 0. The van der Waals surface area contributed by atoms with Gasteiger partial charge in [0, 0.05) is 12.3 Å². The Bertz CT molecular complexity index is 286. The number of aromatic nitrogens is 1. The van der Waals surface area contributed by atoms with E-state index in [9.17, 15) is 0 Å². The summed E-state index contributed by atoms with van der Waals surface area (Å²) in [5, 5.41) is 8.94. The highest BCUT2D eigenvalue weighted by Crippen LogP contribution is 2.22. The topological polar surface area (TPSA) is 46.3 Å². The second-order valence-corrected chi connectivity index (χ2v) is 4.98. The summed E-state index contributed by atoms with van der Waals surface area (Å²) in [4.78, 5) is 4.19. The predicted molar refractivity (Wildman–Crippen MR) is 55.2 cm³/mol. The Labute approximate surface area is 85.2 Å². The molecule has 0 aromatic carbocycles. The van der Waals surface area contributed by atoms with Crippen molar-refractivity contribution in [1.29, 1.82) is 0 Å². The zero-order chi connectivity index (χ0) is 10.8. The molecule has 80 valence electrons. The SMILES string of the molecule is CC(CO)c1cnc(CC(C)(C)C)o1. The van der Waals surface area contributed by atoms with E-state index in [0.717, 1.165) is 18.1 Å². The van der Waals surface area contributed by atoms with E-state index in [4.69, 9.17) is 9.52 Å². The zero-order valence-corrected chi connectivity index (χ0v) is 9.37. The number of aliphatic hydroxyl groups excluding tert-OH is 1. The van der Waals surface area contributed by atoms with Gasteiger partial charge in [0.05, 0.1) is 12.8 Å². The highest BCUT2D eigenvalue weighted by Gasteiger charge is 2.17. The Morgan fingerprint density at radius 1 is 1.50 bits per heavy atom. The molecule has 0 saturated carbocycles. The Morgan fingerprint density at radius 2 is 2.14 bits per heavy atom. The van der Waals surface area contributed by atoms with E-state index in [0.29, 0.717) is 0 Å². The summed E-state index contributed by atoms with van der Waals surface area (Å²) in [5.74, 6) is 1.57. The largest absolute Gasteiger partial charge is 0.445 e. The average Bonchev–Trinajstić information content (AvgIpc) is 2.48. The van der Waals surface area contributed by atoms with Crippen molar-refractivity contribution in [2.45, 2.75) is 40.0 Å². The van der Waals surface area contributed by atoms with Crippen LogP contribution in [0.4, 0.5) is 0 Å². The van der Waals surface area contributed by atoms with Crippen molar-refractivity contribution in [3.63, 3.8) is 0 Å². The first-order valence-electron chi connectivity index (χ1n) is 4.98. The van der Waals surface area contributed by atoms with E-state index in [-0.39, 0.29) is 17.9 Å². The molecule has 0 aliphatic heterocycles. The molecule has 1 atom stereocenters. The van der Waals surface area contributed by atoms with Gasteiger partial charge in [0.1, 0.15) is 5.76 Å². The summed E-state index contributed by atoms with van der Waals surface area (Å²) in [5.41, 5.74) is 0.185. The van der Waals surface area contributed by atoms with Crippen molar-refractivity contribution < 1.29 is 9.52 Å². The van der Waals surface area contributed by atoms with Crippen molar-refractivity contribution in [2.24, 2.45) is 5.41 Å². The van der Waals surface area contributed by atoms with Gasteiger partial charge < -0.3 is 9.52 Å². The fraction of sp³-hybridized carbons (Fsp3) is 0.727. The lowest BCUT2D eigenvalue weighted by Gasteiger charge is -2.14. The first-order valence-corrected chi connectivity index (χ1v) is 4.98. The zero-order valence-electron chi connectivity index (χ0n) is 9.37. The highest BCUT2D eigenvalue weighted by atomic mass is 16.4. The Morgan fingerprint density at radius 3 is 2.64 bits per heavy atom. The molecule has 0 radical (unpaired) electrons. The maximum absolute atomic E-state index is 8.94. The number of hydrogen-bond acceptors (Lipinski definition) is 3. The van der Waals surface area contributed by atoms with Gasteiger partial charge in [-0.3, -0.25) is 0 Å². The second kappa shape index (κ2) is 4.13. The molecule has 1 unspecified atom stereocenters. The van der Waals surface area contributed by atoms with Crippen LogP contribution in [0.5, 0.6) is 0 Å². The standard InChI is InChI=1S/C11H19NO2/c1-8(7-13)9-6-12-10(14-9)5-11(2,3)4/h6,8,13H,5,7H2,1-4H3. The van der Waals surface area contributed by atoms with Crippen molar-refractivity contribution >= 4 is 0 Å². The third-order valence-electron chi connectivity index (χ3n) is 2.01. The maximum Gasteiger partial charge on any atom is 0.194 e.